The predicted octanol–water partition coefficient (Wildman–Crippen LogP) is 6.68. The van der Waals surface area contributed by atoms with E-state index in [1.165, 1.54) is 27.8 Å². The number of hydrogen-bond donors (Lipinski definition) is 0. The summed E-state index contributed by atoms with van der Waals surface area (Å²) >= 11 is 0. The van der Waals surface area contributed by atoms with Crippen LogP contribution in [-0.4, -0.2) is 0 Å². The Labute approximate surface area is 131 Å². The third-order valence-electron chi connectivity index (χ3n) is 4.34. The molecule has 0 aliphatic carbocycles. The van der Waals surface area contributed by atoms with Crippen molar-refractivity contribution >= 4 is 0 Å². The molecule has 2 aromatic carbocycles. The molecule has 0 bridgehead atoms. The fourth-order valence-corrected chi connectivity index (χ4v) is 2.41. The van der Waals surface area contributed by atoms with Crippen molar-refractivity contribution in [1.82, 2.24) is 0 Å². The lowest BCUT2D eigenvalue weighted by Crippen LogP contribution is -2.15. The summed E-state index contributed by atoms with van der Waals surface area (Å²) in [4.78, 5) is 0. The van der Waals surface area contributed by atoms with E-state index in [9.17, 15) is 0 Å². The summed E-state index contributed by atoms with van der Waals surface area (Å²) in [5.41, 5.74) is 7.09. The molecule has 114 valence electrons. The molecule has 0 amide bonds. The van der Waals surface area contributed by atoms with Crippen molar-refractivity contribution in [3.05, 3.63) is 59.2 Å². The van der Waals surface area contributed by atoms with Gasteiger partial charge in [-0.3, -0.25) is 0 Å². The summed E-state index contributed by atoms with van der Waals surface area (Å²) < 4.78 is 0. The van der Waals surface area contributed by atoms with E-state index in [1.54, 1.807) is 0 Å². The van der Waals surface area contributed by atoms with Crippen LogP contribution in [0.3, 0.4) is 0 Å². The maximum absolute atomic E-state index is 2.38. The van der Waals surface area contributed by atoms with Crippen LogP contribution in [0.1, 0.15) is 57.7 Å². The Hall–Kier alpha value is -1.56. The van der Waals surface area contributed by atoms with Crippen molar-refractivity contribution in [1.29, 1.82) is 0 Å². The predicted molar refractivity (Wildman–Crippen MR) is 96.0 cm³/mol. The molecule has 0 heterocycles. The molecule has 0 unspecified atom stereocenters. The van der Waals surface area contributed by atoms with Gasteiger partial charge in [0, 0.05) is 0 Å². The first-order chi connectivity index (χ1) is 9.95. The van der Waals surface area contributed by atoms with E-state index in [0.29, 0.717) is 0 Å². The van der Waals surface area contributed by atoms with Gasteiger partial charge in [0.05, 0.1) is 0 Å². The first-order valence-corrected chi connectivity index (χ1v) is 8.13. The lowest BCUT2D eigenvalue weighted by molar-refractivity contribution is 0.506. The summed E-state index contributed by atoms with van der Waals surface area (Å²) in [6.07, 6.45) is 1.16. The topological polar surface area (TPSA) is 0 Å². The molecule has 0 radical (unpaired) electrons. The van der Waals surface area contributed by atoms with Gasteiger partial charge >= 0.3 is 0 Å². The van der Waals surface area contributed by atoms with E-state index < -0.39 is 0 Å². The summed E-state index contributed by atoms with van der Waals surface area (Å²) in [5, 5.41) is 0. The Morgan fingerprint density at radius 1 is 0.810 bits per heavy atom. The molecule has 0 fully saturated rings. The second-order valence-corrected chi connectivity index (χ2v) is 6.08. The van der Waals surface area contributed by atoms with Crippen LogP contribution in [0, 0.1) is 13.8 Å². The van der Waals surface area contributed by atoms with Gasteiger partial charge in [0.25, 0.3) is 0 Å². The standard InChI is InChI=1S/C19H24.C2H6/c1-6-19(4,5)16-12-11-15(3)18(13-16)17-10-8-7-9-14(17)2;1-2/h7-13H,6H2,1-5H3;1-2H3. The summed E-state index contributed by atoms with van der Waals surface area (Å²) in [6, 6.07) is 15.6. The van der Waals surface area contributed by atoms with Gasteiger partial charge in [-0.15, -0.1) is 0 Å². The normalized spacial score (nSPS) is 10.8. The molecule has 0 aromatic heterocycles. The van der Waals surface area contributed by atoms with Crippen LogP contribution in [0.4, 0.5) is 0 Å². The third kappa shape index (κ3) is 3.97. The van der Waals surface area contributed by atoms with E-state index in [1.807, 2.05) is 13.8 Å². The molecule has 0 saturated carbocycles. The first kappa shape index (κ1) is 17.5. The van der Waals surface area contributed by atoms with Crippen molar-refractivity contribution in [3.63, 3.8) is 0 Å². The van der Waals surface area contributed by atoms with Crippen LogP contribution in [0.5, 0.6) is 0 Å². The quantitative estimate of drug-likeness (QED) is 0.588. The molecule has 21 heavy (non-hydrogen) atoms. The van der Waals surface area contributed by atoms with Crippen molar-refractivity contribution in [2.24, 2.45) is 0 Å². The van der Waals surface area contributed by atoms with E-state index in [4.69, 9.17) is 0 Å². The molecular weight excluding hydrogens is 252 g/mol. The smallest absolute Gasteiger partial charge is 0.0106 e. The van der Waals surface area contributed by atoms with Gasteiger partial charge in [-0.05, 0) is 53.5 Å². The molecule has 0 aliphatic rings. The van der Waals surface area contributed by atoms with Crippen LogP contribution in [0.25, 0.3) is 11.1 Å². The van der Waals surface area contributed by atoms with Crippen LogP contribution >= 0.6 is 0 Å². The highest BCUT2D eigenvalue weighted by atomic mass is 14.2. The highest BCUT2D eigenvalue weighted by Crippen LogP contribution is 2.33. The summed E-state index contributed by atoms with van der Waals surface area (Å²) in [7, 11) is 0. The van der Waals surface area contributed by atoms with Gasteiger partial charge in [-0.25, -0.2) is 0 Å². The van der Waals surface area contributed by atoms with Crippen molar-refractivity contribution in [2.45, 2.75) is 60.3 Å². The van der Waals surface area contributed by atoms with Crippen LogP contribution < -0.4 is 0 Å². The monoisotopic (exact) mass is 282 g/mol. The third-order valence-corrected chi connectivity index (χ3v) is 4.34. The minimum atomic E-state index is 0.241. The second kappa shape index (κ2) is 7.45. The van der Waals surface area contributed by atoms with E-state index in [-0.39, 0.29) is 5.41 Å². The molecule has 0 N–H and O–H groups in total. The van der Waals surface area contributed by atoms with Crippen molar-refractivity contribution in [3.8, 4) is 11.1 Å². The molecule has 0 spiro atoms. The molecule has 0 atom stereocenters. The summed E-state index contributed by atoms with van der Waals surface area (Å²) in [5.74, 6) is 0. The number of hydrogen-bond acceptors (Lipinski definition) is 0. The average Bonchev–Trinajstić information content (AvgIpc) is 2.50. The summed E-state index contributed by atoms with van der Waals surface area (Å²) in [6.45, 7) is 15.3. The van der Waals surface area contributed by atoms with Gasteiger partial charge < -0.3 is 0 Å². The van der Waals surface area contributed by atoms with E-state index in [2.05, 4.69) is 77.1 Å². The fraction of sp³-hybridized carbons (Fsp3) is 0.429. The van der Waals surface area contributed by atoms with Gasteiger partial charge in [0.1, 0.15) is 0 Å². The zero-order valence-electron chi connectivity index (χ0n) is 14.7. The Morgan fingerprint density at radius 3 is 1.95 bits per heavy atom. The zero-order chi connectivity index (χ0) is 16.0. The van der Waals surface area contributed by atoms with Gasteiger partial charge in [0.2, 0.25) is 0 Å². The maximum atomic E-state index is 2.38. The highest BCUT2D eigenvalue weighted by Gasteiger charge is 2.19. The zero-order valence-corrected chi connectivity index (χ0v) is 14.7. The minimum absolute atomic E-state index is 0.241. The first-order valence-electron chi connectivity index (χ1n) is 8.13. The Balaban J connectivity index is 0.00000106. The Morgan fingerprint density at radius 2 is 1.38 bits per heavy atom. The van der Waals surface area contributed by atoms with Gasteiger partial charge in [0.15, 0.2) is 0 Å². The minimum Gasteiger partial charge on any atom is -0.0683 e. The molecule has 0 saturated heterocycles. The number of aryl methyl sites for hydroxylation is 2. The highest BCUT2D eigenvalue weighted by molar-refractivity contribution is 5.71. The van der Waals surface area contributed by atoms with Gasteiger partial charge in [-0.1, -0.05) is 77.1 Å². The SMILES string of the molecule is CC.CCC(C)(C)c1ccc(C)c(-c2ccccc2C)c1. The van der Waals surface area contributed by atoms with Crippen molar-refractivity contribution < 1.29 is 0 Å². The average molecular weight is 282 g/mol. The van der Waals surface area contributed by atoms with Crippen LogP contribution in [-0.2, 0) is 5.41 Å². The Kier molecular flexibility index (Phi) is 6.20. The molecule has 2 aromatic rings. The van der Waals surface area contributed by atoms with Crippen molar-refractivity contribution in [2.75, 3.05) is 0 Å². The molecule has 0 nitrogen and oxygen atoms in total. The molecule has 2 rings (SSSR count). The van der Waals surface area contributed by atoms with E-state index >= 15 is 0 Å². The maximum Gasteiger partial charge on any atom is -0.0106 e. The van der Waals surface area contributed by atoms with Crippen LogP contribution in [0.2, 0.25) is 0 Å². The molecule has 0 heteroatoms. The van der Waals surface area contributed by atoms with E-state index in [0.717, 1.165) is 6.42 Å². The molecule has 0 aliphatic heterocycles. The Bertz CT molecular complexity index is 576. The van der Waals surface area contributed by atoms with Gasteiger partial charge in [-0.2, -0.15) is 0 Å². The number of benzene rings is 2. The fourth-order valence-electron chi connectivity index (χ4n) is 2.41. The lowest BCUT2D eigenvalue weighted by atomic mass is 9.80. The number of rotatable bonds is 3. The van der Waals surface area contributed by atoms with Crippen LogP contribution in [0.15, 0.2) is 42.5 Å². The largest absolute Gasteiger partial charge is 0.0683 e. The molecular formula is C21H30. The second-order valence-electron chi connectivity index (χ2n) is 6.08. The lowest BCUT2D eigenvalue weighted by Gasteiger charge is -2.25.